The summed E-state index contributed by atoms with van der Waals surface area (Å²) in [6.45, 7) is 2.49. The number of hydrogen-bond donors (Lipinski definition) is 3. The van der Waals surface area contributed by atoms with E-state index in [0.29, 0.717) is 51.4 Å². The van der Waals surface area contributed by atoms with Crippen LogP contribution in [0.1, 0.15) is 29.0 Å². The zero-order chi connectivity index (χ0) is 20.1. The van der Waals surface area contributed by atoms with E-state index in [1.165, 1.54) is 0 Å². The minimum atomic E-state index is -0.250. The Bertz CT molecular complexity index is 604. The van der Waals surface area contributed by atoms with Crippen molar-refractivity contribution in [2.45, 2.75) is 25.8 Å². The van der Waals surface area contributed by atoms with Gasteiger partial charge in [0.05, 0.1) is 24.5 Å². The number of ether oxygens (including phenoxy) is 2. The van der Waals surface area contributed by atoms with Crippen LogP contribution in [0.4, 0.5) is 0 Å². The van der Waals surface area contributed by atoms with E-state index in [1.54, 1.807) is 20.5 Å². The van der Waals surface area contributed by atoms with Gasteiger partial charge in [-0.3, -0.25) is 14.4 Å². The third kappa shape index (κ3) is 7.35. The molecule has 1 aliphatic heterocycles. The number of rotatable bonds is 9. The van der Waals surface area contributed by atoms with E-state index in [4.69, 9.17) is 19.4 Å². The Hall–Kier alpha value is -2.46. The van der Waals surface area contributed by atoms with Gasteiger partial charge in [0.15, 0.2) is 0 Å². The number of carbonyl (C=O) groups is 3. The Morgan fingerprint density at radius 1 is 1.30 bits per heavy atom. The number of methoxy groups -OCH3 is 2. The molecule has 0 aromatic carbocycles. The molecule has 152 valence electrons. The van der Waals surface area contributed by atoms with Crippen molar-refractivity contribution in [2.24, 2.45) is 5.92 Å². The molecule has 0 aliphatic carbocycles. The second kappa shape index (κ2) is 12.8. The summed E-state index contributed by atoms with van der Waals surface area (Å²) >= 11 is 0. The first-order chi connectivity index (χ1) is 13.1. The summed E-state index contributed by atoms with van der Waals surface area (Å²) in [7, 11) is 3.24. The lowest BCUT2D eigenvalue weighted by Crippen LogP contribution is -2.37. The minimum Gasteiger partial charge on any atom is -0.483 e. The molecule has 0 saturated carbocycles. The maximum Gasteiger partial charge on any atom is 0.290 e. The van der Waals surface area contributed by atoms with E-state index in [-0.39, 0.29) is 24.2 Å². The van der Waals surface area contributed by atoms with Crippen LogP contribution in [0.5, 0.6) is 0 Å². The van der Waals surface area contributed by atoms with E-state index in [1.807, 2.05) is 4.57 Å². The number of carboxylic acid groups (broad SMARTS) is 1. The maximum atomic E-state index is 12.2. The number of imidazole rings is 1. The van der Waals surface area contributed by atoms with E-state index in [2.05, 4.69) is 15.6 Å². The summed E-state index contributed by atoms with van der Waals surface area (Å²) in [4.78, 5) is 36.9. The molecule has 2 amide bonds. The smallest absolute Gasteiger partial charge is 0.290 e. The third-order valence-electron chi connectivity index (χ3n) is 4.10. The topological polar surface area (TPSA) is 132 Å². The molecule has 1 atom stereocenters. The highest BCUT2D eigenvalue weighted by molar-refractivity contribution is 5.93. The molecule has 0 spiro atoms. The van der Waals surface area contributed by atoms with Crippen LogP contribution >= 0.6 is 0 Å². The quantitative estimate of drug-likeness (QED) is 0.392. The van der Waals surface area contributed by atoms with Gasteiger partial charge in [-0.05, 0) is 19.3 Å². The average Bonchev–Trinajstić information content (AvgIpc) is 3.09. The molecule has 0 fully saturated rings. The molecule has 2 rings (SSSR count). The van der Waals surface area contributed by atoms with Gasteiger partial charge in [-0.1, -0.05) is 0 Å². The normalized spacial score (nSPS) is 15.1. The molecule has 2 heterocycles. The van der Waals surface area contributed by atoms with Crippen molar-refractivity contribution in [3.63, 3.8) is 0 Å². The van der Waals surface area contributed by atoms with Crippen LogP contribution in [0, 0.1) is 5.92 Å². The van der Waals surface area contributed by atoms with Crippen molar-refractivity contribution in [3.05, 3.63) is 17.7 Å². The largest absolute Gasteiger partial charge is 0.483 e. The van der Waals surface area contributed by atoms with E-state index < -0.39 is 0 Å². The Kier molecular flexibility index (Phi) is 10.7. The van der Waals surface area contributed by atoms with E-state index in [9.17, 15) is 9.59 Å². The summed E-state index contributed by atoms with van der Waals surface area (Å²) in [5, 5.41) is 12.6. The van der Waals surface area contributed by atoms with Crippen molar-refractivity contribution in [2.75, 3.05) is 40.5 Å². The van der Waals surface area contributed by atoms with Crippen molar-refractivity contribution < 1.29 is 29.0 Å². The van der Waals surface area contributed by atoms with Gasteiger partial charge in [0.25, 0.3) is 12.4 Å². The first-order valence-corrected chi connectivity index (χ1v) is 8.74. The highest BCUT2D eigenvalue weighted by atomic mass is 16.5. The fraction of sp³-hybridized carbons (Fsp3) is 0.647. The summed E-state index contributed by atoms with van der Waals surface area (Å²) in [6.07, 6.45) is 3.80. The number of hydrogen-bond acceptors (Lipinski definition) is 6. The van der Waals surface area contributed by atoms with Gasteiger partial charge in [0, 0.05) is 40.5 Å². The maximum absolute atomic E-state index is 12.2. The lowest BCUT2D eigenvalue weighted by atomic mass is 9.96. The number of nitrogens with zero attached hydrogens (tertiary/aromatic N) is 2. The number of amides is 2. The van der Waals surface area contributed by atoms with Gasteiger partial charge in [-0.2, -0.15) is 0 Å². The zero-order valence-corrected chi connectivity index (χ0v) is 15.8. The molecule has 27 heavy (non-hydrogen) atoms. The molecule has 10 heteroatoms. The second-order valence-electron chi connectivity index (χ2n) is 5.92. The first-order valence-electron chi connectivity index (χ1n) is 8.74. The molecule has 1 aromatic heterocycles. The highest BCUT2D eigenvalue weighted by Crippen LogP contribution is 2.22. The molecule has 1 aromatic rings. The number of nitrogens with one attached hydrogen (secondary N) is 2. The third-order valence-corrected chi connectivity index (χ3v) is 4.10. The van der Waals surface area contributed by atoms with Crippen LogP contribution in [0.25, 0.3) is 0 Å². The van der Waals surface area contributed by atoms with Crippen molar-refractivity contribution >= 4 is 18.3 Å². The molecular formula is C17H28N4O6. The first kappa shape index (κ1) is 22.6. The monoisotopic (exact) mass is 384 g/mol. The van der Waals surface area contributed by atoms with Crippen LogP contribution in [-0.4, -0.2) is 73.5 Å². The van der Waals surface area contributed by atoms with Gasteiger partial charge >= 0.3 is 0 Å². The molecule has 10 nitrogen and oxygen atoms in total. The molecule has 1 unspecified atom stereocenters. The lowest BCUT2D eigenvalue weighted by Gasteiger charge is -2.23. The number of fused-ring (bicyclic) bond motifs is 1. The Balaban J connectivity index is 0.00000114. The SMILES string of the molecule is COCCCNC(=O)c1ncn2c1CCC(C(=O)NCCOC)C2.O=CO. The van der Waals surface area contributed by atoms with Crippen molar-refractivity contribution in [1.29, 1.82) is 0 Å². The van der Waals surface area contributed by atoms with Crippen LogP contribution < -0.4 is 10.6 Å². The Labute approximate surface area is 158 Å². The molecule has 3 N–H and O–H groups in total. The summed E-state index contributed by atoms with van der Waals surface area (Å²) in [6, 6.07) is 0. The zero-order valence-electron chi connectivity index (χ0n) is 15.8. The second-order valence-corrected chi connectivity index (χ2v) is 5.92. The summed E-state index contributed by atoms with van der Waals surface area (Å²) in [5.74, 6) is -0.235. The van der Waals surface area contributed by atoms with Crippen LogP contribution in [0.15, 0.2) is 6.33 Å². The molecule has 0 saturated heterocycles. The van der Waals surface area contributed by atoms with Gasteiger partial charge < -0.3 is 29.8 Å². The summed E-state index contributed by atoms with van der Waals surface area (Å²) < 4.78 is 11.8. The average molecular weight is 384 g/mol. The fourth-order valence-corrected chi connectivity index (χ4v) is 2.79. The molecule has 0 bridgehead atoms. The molecule has 1 aliphatic rings. The molecule has 0 radical (unpaired) electrons. The van der Waals surface area contributed by atoms with Gasteiger partial charge in [0.2, 0.25) is 5.91 Å². The van der Waals surface area contributed by atoms with Gasteiger partial charge in [-0.15, -0.1) is 0 Å². The van der Waals surface area contributed by atoms with Gasteiger partial charge in [-0.25, -0.2) is 4.98 Å². The van der Waals surface area contributed by atoms with E-state index in [0.717, 1.165) is 12.1 Å². The Morgan fingerprint density at radius 2 is 2.00 bits per heavy atom. The van der Waals surface area contributed by atoms with Crippen LogP contribution in [0.2, 0.25) is 0 Å². The predicted octanol–water partition coefficient (Wildman–Crippen LogP) is -0.325. The van der Waals surface area contributed by atoms with Crippen LogP contribution in [0.3, 0.4) is 0 Å². The number of aromatic nitrogens is 2. The minimum absolute atomic E-state index is 0.0250. The molecular weight excluding hydrogens is 356 g/mol. The summed E-state index contributed by atoms with van der Waals surface area (Å²) in [5.41, 5.74) is 1.37. The van der Waals surface area contributed by atoms with Crippen molar-refractivity contribution in [3.8, 4) is 0 Å². The van der Waals surface area contributed by atoms with Crippen LogP contribution in [-0.2, 0) is 32.0 Å². The number of carbonyl (C=O) groups excluding carboxylic acids is 2. The lowest BCUT2D eigenvalue weighted by molar-refractivity contribution is -0.126. The van der Waals surface area contributed by atoms with E-state index >= 15 is 0 Å². The standard InChI is InChI=1S/C16H26N4O4.CH2O2/c1-23-8-3-6-17-16(22)14-13-5-4-12(10-20(13)11-19-14)15(21)18-7-9-24-2;2-1-3/h11-12H,3-10H2,1-2H3,(H,17,22)(H,18,21);1H,(H,2,3). The van der Waals surface area contributed by atoms with Crippen molar-refractivity contribution in [1.82, 2.24) is 20.2 Å². The Morgan fingerprint density at radius 3 is 2.67 bits per heavy atom. The van der Waals surface area contributed by atoms with Gasteiger partial charge in [0.1, 0.15) is 5.69 Å². The predicted molar refractivity (Wildman–Crippen MR) is 96.4 cm³/mol. The highest BCUT2D eigenvalue weighted by Gasteiger charge is 2.28. The fourth-order valence-electron chi connectivity index (χ4n) is 2.79.